The highest BCUT2D eigenvalue weighted by molar-refractivity contribution is 7.99. The van der Waals surface area contributed by atoms with E-state index in [0.717, 1.165) is 12.2 Å². The zero-order chi connectivity index (χ0) is 8.81. The number of carbonyl (C=O) groups is 1. The molecule has 0 amide bonds. The summed E-state index contributed by atoms with van der Waals surface area (Å²) in [5.74, 6) is 1.91. The molecule has 0 bridgehead atoms. The Bertz CT molecular complexity index is 219. The molecule has 66 valence electrons. The maximum atomic E-state index is 10.7. The van der Waals surface area contributed by atoms with Gasteiger partial charge in [0, 0.05) is 11.8 Å². The second-order valence-corrected chi connectivity index (χ2v) is 3.58. The molecular weight excluding hydrogens is 172 g/mol. The van der Waals surface area contributed by atoms with Crippen molar-refractivity contribution in [2.75, 3.05) is 18.6 Å². The van der Waals surface area contributed by atoms with Crippen molar-refractivity contribution in [3.63, 3.8) is 0 Å². The van der Waals surface area contributed by atoms with Crippen molar-refractivity contribution >= 4 is 17.7 Å². The summed E-state index contributed by atoms with van der Waals surface area (Å²) in [6.07, 6.45) is 6.57. The van der Waals surface area contributed by atoms with Gasteiger partial charge in [-0.2, -0.15) is 11.8 Å². The first-order chi connectivity index (χ1) is 5.83. The van der Waals surface area contributed by atoms with Crippen molar-refractivity contribution < 1.29 is 9.53 Å². The van der Waals surface area contributed by atoms with E-state index < -0.39 is 0 Å². The molecule has 0 unspecified atom stereocenters. The van der Waals surface area contributed by atoms with Crippen molar-refractivity contribution in [1.29, 1.82) is 0 Å². The average Bonchev–Trinajstić information content (AvgIpc) is 2.16. The number of rotatable bonds is 2. The van der Waals surface area contributed by atoms with Crippen LogP contribution in [0.4, 0.5) is 0 Å². The van der Waals surface area contributed by atoms with Crippen LogP contribution in [0.2, 0.25) is 0 Å². The molecule has 0 aliphatic carbocycles. The van der Waals surface area contributed by atoms with Gasteiger partial charge in [0.05, 0.1) is 7.11 Å². The Hall–Kier alpha value is -0.700. The van der Waals surface area contributed by atoms with Crippen LogP contribution in [-0.2, 0) is 9.53 Å². The number of methoxy groups -OCH3 is 1. The van der Waals surface area contributed by atoms with Gasteiger partial charge in [-0.1, -0.05) is 12.2 Å². The fourth-order valence-electron chi connectivity index (χ4n) is 0.936. The third kappa shape index (κ3) is 3.13. The van der Waals surface area contributed by atoms with Gasteiger partial charge in [-0.05, 0) is 17.7 Å². The maximum Gasteiger partial charge on any atom is 0.330 e. The topological polar surface area (TPSA) is 26.3 Å². The lowest BCUT2D eigenvalue weighted by Crippen LogP contribution is -1.97. The number of allylic oxidation sites excluding steroid dienone is 2. The summed E-state index contributed by atoms with van der Waals surface area (Å²) in [7, 11) is 1.39. The molecule has 12 heavy (non-hydrogen) atoms. The van der Waals surface area contributed by atoms with Gasteiger partial charge in [0.25, 0.3) is 0 Å². The van der Waals surface area contributed by atoms with Crippen LogP contribution in [0.15, 0.2) is 23.8 Å². The van der Waals surface area contributed by atoms with Crippen molar-refractivity contribution in [2.45, 2.75) is 6.42 Å². The zero-order valence-electron chi connectivity index (χ0n) is 7.08. The van der Waals surface area contributed by atoms with Gasteiger partial charge in [0.1, 0.15) is 0 Å². The minimum absolute atomic E-state index is 0.286. The van der Waals surface area contributed by atoms with E-state index in [1.54, 1.807) is 0 Å². The Balaban J connectivity index is 2.43. The number of carbonyl (C=O) groups excluding carboxylic acids is 1. The second kappa shape index (κ2) is 5.04. The third-order valence-electron chi connectivity index (χ3n) is 1.57. The number of ether oxygens (including phenoxy) is 1. The zero-order valence-corrected chi connectivity index (χ0v) is 7.89. The molecule has 0 N–H and O–H groups in total. The van der Waals surface area contributed by atoms with E-state index in [-0.39, 0.29) is 5.97 Å². The van der Waals surface area contributed by atoms with Crippen LogP contribution in [0.1, 0.15) is 6.42 Å². The van der Waals surface area contributed by atoms with Crippen molar-refractivity contribution in [3.8, 4) is 0 Å². The number of hydrogen-bond acceptors (Lipinski definition) is 3. The Kier molecular flexibility index (Phi) is 3.94. The van der Waals surface area contributed by atoms with Crippen LogP contribution in [-0.4, -0.2) is 24.6 Å². The summed E-state index contributed by atoms with van der Waals surface area (Å²) in [6.45, 7) is 0. The van der Waals surface area contributed by atoms with Gasteiger partial charge in [-0.15, -0.1) is 0 Å². The van der Waals surface area contributed by atoms with Gasteiger partial charge < -0.3 is 4.74 Å². The summed E-state index contributed by atoms with van der Waals surface area (Å²) < 4.78 is 4.48. The van der Waals surface area contributed by atoms with E-state index >= 15 is 0 Å². The first-order valence-electron chi connectivity index (χ1n) is 3.86. The van der Waals surface area contributed by atoms with Crippen LogP contribution in [0.25, 0.3) is 0 Å². The lowest BCUT2D eigenvalue weighted by molar-refractivity contribution is -0.134. The van der Waals surface area contributed by atoms with Crippen LogP contribution >= 0.6 is 11.8 Å². The van der Waals surface area contributed by atoms with Crippen LogP contribution < -0.4 is 0 Å². The van der Waals surface area contributed by atoms with E-state index in [2.05, 4.69) is 10.8 Å². The summed E-state index contributed by atoms with van der Waals surface area (Å²) in [5, 5.41) is 0. The summed E-state index contributed by atoms with van der Waals surface area (Å²) >= 11 is 1.89. The van der Waals surface area contributed by atoms with Crippen LogP contribution in [0.3, 0.4) is 0 Å². The normalized spacial score (nSPS) is 17.6. The van der Waals surface area contributed by atoms with E-state index in [1.807, 2.05) is 17.8 Å². The highest BCUT2D eigenvalue weighted by atomic mass is 32.2. The molecule has 0 spiro atoms. The highest BCUT2D eigenvalue weighted by Crippen LogP contribution is 2.17. The Morgan fingerprint density at radius 2 is 2.58 bits per heavy atom. The molecule has 0 saturated carbocycles. The monoisotopic (exact) mass is 184 g/mol. The molecule has 0 saturated heterocycles. The molecule has 0 aromatic heterocycles. The second-order valence-electron chi connectivity index (χ2n) is 2.48. The molecule has 1 aliphatic rings. The molecule has 0 fully saturated rings. The fraction of sp³-hybridized carbons (Fsp3) is 0.444. The van der Waals surface area contributed by atoms with E-state index in [1.165, 1.54) is 24.5 Å². The molecule has 1 aliphatic heterocycles. The van der Waals surface area contributed by atoms with Gasteiger partial charge >= 0.3 is 5.97 Å². The number of thioether (sulfide) groups is 1. The quantitative estimate of drug-likeness (QED) is 0.483. The Morgan fingerprint density at radius 1 is 1.75 bits per heavy atom. The van der Waals surface area contributed by atoms with Crippen molar-refractivity contribution in [3.05, 3.63) is 23.8 Å². The van der Waals surface area contributed by atoms with Crippen molar-refractivity contribution in [1.82, 2.24) is 0 Å². The van der Waals surface area contributed by atoms with E-state index in [4.69, 9.17) is 0 Å². The lowest BCUT2D eigenvalue weighted by atomic mass is 10.2. The SMILES string of the molecule is COC(=O)C=CC1=CCCSC1. The van der Waals surface area contributed by atoms with Gasteiger partial charge in [-0.3, -0.25) is 0 Å². The Labute approximate surface area is 76.7 Å². The van der Waals surface area contributed by atoms with E-state index in [0.29, 0.717) is 0 Å². The van der Waals surface area contributed by atoms with Gasteiger partial charge in [0.15, 0.2) is 0 Å². The predicted molar refractivity (Wildman–Crippen MR) is 51.2 cm³/mol. The van der Waals surface area contributed by atoms with Gasteiger partial charge in [-0.25, -0.2) is 4.79 Å². The molecule has 0 radical (unpaired) electrons. The molecular formula is C9H12O2S. The largest absolute Gasteiger partial charge is 0.466 e. The van der Waals surface area contributed by atoms with Crippen molar-refractivity contribution in [2.24, 2.45) is 0 Å². The molecule has 1 rings (SSSR count). The highest BCUT2D eigenvalue weighted by Gasteiger charge is 2.00. The maximum absolute atomic E-state index is 10.7. The third-order valence-corrected chi connectivity index (χ3v) is 2.63. The lowest BCUT2D eigenvalue weighted by Gasteiger charge is -2.07. The average molecular weight is 184 g/mol. The van der Waals surface area contributed by atoms with E-state index in [9.17, 15) is 4.79 Å². The number of esters is 1. The van der Waals surface area contributed by atoms with Gasteiger partial charge in [0.2, 0.25) is 0 Å². The smallest absolute Gasteiger partial charge is 0.330 e. The van der Waals surface area contributed by atoms with Crippen LogP contribution in [0, 0.1) is 0 Å². The molecule has 0 aromatic carbocycles. The summed E-state index contributed by atoms with van der Waals surface area (Å²) in [5.41, 5.74) is 1.22. The minimum Gasteiger partial charge on any atom is -0.466 e. The summed E-state index contributed by atoms with van der Waals surface area (Å²) in [6, 6.07) is 0. The fourth-order valence-corrected chi connectivity index (χ4v) is 1.81. The molecule has 0 aromatic rings. The molecule has 1 heterocycles. The number of hydrogen-bond donors (Lipinski definition) is 0. The van der Waals surface area contributed by atoms with Crippen LogP contribution in [0.5, 0.6) is 0 Å². The molecule has 2 nitrogen and oxygen atoms in total. The first-order valence-corrected chi connectivity index (χ1v) is 5.01. The molecule has 3 heteroatoms. The molecule has 0 atom stereocenters. The standard InChI is InChI=1S/C9H12O2S/c1-11-9(10)5-4-8-3-2-6-12-7-8/h3-5H,2,6-7H2,1H3. The minimum atomic E-state index is -0.286. The summed E-state index contributed by atoms with van der Waals surface area (Å²) in [4.78, 5) is 10.7. The predicted octanol–water partition coefficient (Wildman–Crippen LogP) is 1.78. The Morgan fingerprint density at radius 3 is 3.17 bits per heavy atom. The first kappa shape index (κ1) is 9.39.